The number of ether oxygens (including phenoxy) is 4. The third-order valence-electron chi connectivity index (χ3n) is 4.97. The van der Waals surface area contributed by atoms with Crippen LogP contribution < -0.4 is 0 Å². The van der Waals surface area contributed by atoms with Crippen LogP contribution in [0.15, 0.2) is 0 Å². The number of phosphoric acid groups is 2. The Morgan fingerprint density at radius 1 is 0.650 bits per heavy atom. The van der Waals surface area contributed by atoms with E-state index in [0.717, 1.165) is 0 Å². The smallest absolute Gasteiger partial charge is 0.469 e. The van der Waals surface area contributed by atoms with Crippen LogP contribution in [-0.4, -0.2) is 155 Å². The lowest BCUT2D eigenvalue weighted by molar-refractivity contribution is -0.299. The lowest BCUT2D eigenvalue weighted by Gasteiger charge is -2.39. The molecule has 0 amide bonds. The maximum absolute atomic E-state index is 10.8. The first-order chi connectivity index (χ1) is 18.2. The monoisotopic (exact) mass is 634 g/mol. The van der Waals surface area contributed by atoms with Crippen molar-refractivity contribution < 1.29 is 102 Å². The zero-order valence-corrected chi connectivity index (χ0v) is 22.3. The second-order valence-electron chi connectivity index (χ2n) is 8.32. The summed E-state index contributed by atoms with van der Waals surface area (Å²) in [5.74, 6) is -1.71. The van der Waals surface area contributed by atoms with Gasteiger partial charge in [-0.3, -0.25) is 13.8 Å². The molecule has 11 N–H and O–H groups in total. The Bertz CT molecular complexity index is 834. The number of aliphatic hydroxyl groups is 6. The average molecular weight is 634 g/mol. The lowest BCUT2D eigenvalue weighted by atomic mass is 9.99. The number of carboxylic acid groups (broad SMARTS) is 1. The fraction of sp³-hybridized carbons (Fsp3) is 0.882. The van der Waals surface area contributed by atoms with E-state index in [1.54, 1.807) is 0 Å². The summed E-state index contributed by atoms with van der Waals surface area (Å²) in [4.78, 5) is 55.3. The van der Waals surface area contributed by atoms with Gasteiger partial charge in [0.05, 0.1) is 13.2 Å². The van der Waals surface area contributed by atoms with E-state index < -0.39 is 109 Å². The number of carbonyl (C=O) groups excluding carboxylic acids is 1. The topological polar surface area (TPSA) is 346 Å². The molecule has 236 valence electrons. The Morgan fingerprint density at radius 2 is 1.00 bits per heavy atom. The minimum atomic E-state index is -4.81. The summed E-state index contributed by atoms with van der Waals surface area (Å²) in [6.45, 7) is -1.51. The normalized spacial score (nSPS) is 35.0. The minimum Gasteiger partial charge on any atom is -0.480 e. The molecule has 2 heterocycles. The summed E-state index contributed by atoms with van der Waals surface area (Å²) in [7, 11) is -9.59. The number of aliphatic carboxylic acids is 1. The number of aliphatic hydroxyl groups excluding tert-OH is 6. The lowest BCUT2D eigenvalue weighted by Crippen LogP contribution is -2.59. The van der Waals surface area contributed by atoms with Crippen molar-refractivity contribution >= 4 is 27.4 Å². The van der Waals surface area contributed by atoms with Crippen LogP contribution >= 0.6 is 15.6 Å². The van der Waals surface area contributed by atoms with Crippen LogP contribution in [0.5, 0.6) is 0 Å². The van der Waals surface area contributed by atoms with Crippen LogP contribution in [0, 0.1) is 0 Å². The molecule has 21 nitrogen and oxygen atoms in total. The molecular formula is C17H32O21P2. The summed E-state index contributed by atoms with van der Waals surface area (Å²) < 4.78 is 48.9. The van der Waals surface area contributed by atoms with Gasteiger partial charge in [0.1, 0.15) is 62.0 Å². The molecule has 0 aromatic rings. The Balaban J connectivity index is 0.000000400. The molecule has 0 aromatic carbocycles. The molecule has 40 heavy (non-hydrogen) atoms. The third kappa shape index (κ3) is 12.9. The SMILES string of the molecule is CC(=O)COC1OC(COP(=O)(O)O)[C@@H](O)[C@H](O)[C@H]1O.O=C(O)COC1OC(COP(=O)(O)O)[C@@H](O)[C@H](O)[C@H]1O. The molecule has 2 saturated heterocycles. The first-order valence-corrected chi connectivity index (χ1v) is 14.0. The van der Waals surface area contributed by atoms with E-state index >= 15 is 0 Å². The molecule has 0 bridgehead atoms. The fourth-order valence-corrected chi connectivity index (χ4v) is 3.76. The highest BCUT2D eigenvalue weighted by Crippen LogP contribution is 2.38. The van der Waals surface area contributed by atoms with E-state index in [2.05, 4.69) is 13.8 Å². The highest BCUT2D eigenvalue weighted by atomic mass is 31.2. The van der Waals surface area contributed by atoms with Gasteiger partial charge in [-0.05, 0) is 6.92 Å². The number of carboxylic acids is 1. The second-order valence-corrected chi connectivity index (χ2v) is 10.8. The molecule has 4 unspecified atom stereocenters. The average Bonchev–Trinajstić information content (AvgIpc) is 2.83. The molecular weight excluding hydrogens is 602 g/mol. The van der Waals surface area contributed by atoms with Crippen molar-refractivity contribution in [2.24, 2.45) is 0 Å². The van der Waals surface area contributed by atoms with Gasteiger partial charge >= 0.3 is 21.6 Å². The molecule has 2 rings (SSSR count). The number of hydrogen-bond donors (Lipinski definition) is 11. The third-order valence-corrected chi connectivity index (χ3v) is 5.94. The van der Waals surface area contributed by atoms with Crippen LogP contribution in [0.25, 0.3) is 0 Å². The number of rotatable bonds is 12. The molecule has 2 fully saturated rings. The standard InChI is InChI=1S/C9H17O10P.C8H15O11P/c1-4(10)2-17-9-8(13)7(12)6(11)5(19-9)3-18-20(14,15)16;9-4(10)2-17-8-7(13)6(12)5(11)3(19-8)1-18-20(14,15)16/h5-9,11-13H,2-3H2,1H3,(H2,14,15,16);3,5-8,11-13H,1-2H2,(H,9,10)(H2,14,15,16)/t5?,6-,7+,8-,9?;3?,5-,6+,7-,8?/m11/s1. The van der Waals surface area contributed by atoms with Gasteiger partial charge in [-0.15, -0.1) is 0 Å². The zero-order valence-electron chi connectivity index (χ0n) is 20.5. The van der Waals surface area contributed by atoms with Crippen LogP contribution in [0.2, 0.25) is 0 Å². The molecule has 10 atom stereocenters. The van der Waals surface area contributed by atoms with Crippen molar-refractivity contribution in [2.45, 2.75) is 68.3 Å². The van der Waals surface area contributed by atoms with Gasteiger partial charge in [-0.2, -0.15) is 0 Å². The minimum absolute atomic E-state index is 0.357. The van der Waals surface area contributed by atoms with Crippen molar-refractivity contribution in [2.75, 3.05) is 26.4 Å². The van der Waals surface area contributed by atoms with Crippen LogP contribution in [0.4, 0.5) is 0 Å². The molecule has 0 aliphatic carbocycles. The Hall–Kier alpha value is -1.04. The van der Waals surface area contributed by atoms with Crippen molar-refractivity contribution in [3.8, 4) is 0 Å². The summed E-state index contributed by atoms with van der Waals surface area (Å²) in [6.07, 6.45) is -15.9. The Labute approximate surface area is 224 Å². The highest BCUT2D eigenvalue weighted by Gasteiger charge is 2.46. The Morgan fingerprint density at radius 3 is 1.30 bits per heavy atom. The quantitative estimate of drug-likeness (QED) is 0.0891. The van der Waals surface area contributed by atoms with Crippen molar-refractivity contribution in [1.82, 2.24) is 0 Å². The summed E-state index contributed by atoms with van der Waals surface area (Å²) in [5.41, 5.74) is 0. The van der Waals surface area contributed by atoms with Crippen LogP contribution in [-0.2, 0) is 46.7 Å². The molecule has 0 spiro atoms. The Kier molecular flexibility index (Phi) is 14.8. The van der Waals surface area contributed by atoms with Gasteiger partial charge < -0.3 is 74.3 Å². The second kappa shape index (κ2) is 16.0. The molecule has 0 aromatic heterocycles. The van der Waals surface area contributed by atoms with E-state index in [0.29, 0.717) is 0 Å². The van der Waals surface area contributed by atoms with E-state index in [-0.39, 0.29) is 5.78 Å². The number of ketones is 1. The van der Waals surface area contributed by atoms with E-state index in [1.807, 2.05) is 0 Å². The van der Waals surface area contributed by atoms with Crippen molar-refractivity contribution in [1.29, 1.82) is 0 Å². The largest absolute Gasteiger partial charge is 0.480 e. The van der Waals surface area contributed by atoms with Crippen molar-refractivity contribution in [3.63, 3.8) is 0 Å². The first-order valence-electron chi connectivity index (χ1n) is 11.0. The van der Waals surface area contributed by atoms with Crippen LogP contribution in [0.1, 0.15) is 6.92 Å². The molecule has 0 saturated carbocycles. The van der Waals surface area contributed by atoms with Crippen LogP contribution in [0.3, 0.4) is 0 Å². The highest BCUT2D eigenvalue weighted by molar-refractivity contribution is 7.46. The van der Waals surface area contributed by atoms with Gasteiger partial charge in [-0.25, -0.2) is 13.9 Å². The molecule has 2 aliphatic rings. The van der Waals surface area contributed by atoms with Gasteiger partial charge in [0.25, 0.3) is 0 Å². The zero-order chi connectivity index (χ0) is 31.0. The predicted molar refractivity (Wildman–Crippen MR) is 120 cm³/mol. The summed E-state index contributed by atoms with van der Waals surface area (Å²) in [5, 5.41) is 65.8. The fourth-order valence-electron chi connectivity index (χ4n) is 3.08. The van der Waals surface area contributed by atoms with Gasteiger partial charge in [0.15, 0.2) is 18.4 Å². The predicted octanol–water partition coefficient (Wildman–Crippen LogP) is -5.49. The van der Waals surface area contributed by atoms with Gasteiger partial charge in [-0.1, -0.05) is 0 Å². The number of carbonyl (C=O) groups is 2. The van der Waals surface area contributed by atoms with E-state index in [9.17, 15) is 49.4 Å². The van der Waals surface area contributed by atoms with E-state index in [4.69, 9.17) is 38.9 Å². The number of Topliss-reactive ketones (excluding diaryl/α,β-unsaturated/α-hetero) is 1. The number of hydrogen-bond acceptors (Lipinski definition) is 16. The molecule has 0 radical (unpaired) electrons. The maximum Gasteiger partial charge on any atom is 0.469 e. The summed E-state index contributed by atoms with van der Waals surface area (Å²) >= 11 is 0. The van der Waals surface area contributed by atoms with E-state index in [1.165, 1.54) is 6.92 Å². The first kappa shape index (κ1) is 37.0. The summed E-state index contributed by atoms with van der Waals surface area (Å²) in [6, 6.07) is 0. The number of phosphoric ester groups is 2. The van der Waals surface area contributed by atoms with Crippen molar-refractivity contribution in [3.05, 3.63) is 0 Å². The molecule has 23 heteroatoms. The maximum atomic E-state index is 10.8. The van der Waals surface area contributed by atoms with Gasteiger partial charge in [0, 0.05) is 0 Å². The van der Waals surface area contributed by atoms with Gasteiger partial charge in [0.2, 0.25) is 0 Å². The molecule has 2 aliphatic heterocycles.